The molecule has 3 aliphatic rings. The summed E-state index contributed by atoms with van der Waals surface area (Å²) in [5.41, 5.74) is 13.3. The number of aromatic hydroxyl groups is 1. The number of carbonyl (C=O) groups excluding carboxylic acids is 17. The Labute approximate surface area is 781 Å². The van der Waals surface area contributed by atoms with Gasteiger partial charge in [-0.25, -0.2) is 4.98 Å². The van der Waals surface area contributed by atoms with Crippen LogP contribution in [0.25, 0.3) is 21.8 Å². The molecule has 9 rings (SSSR count). The number of H-pyrrole nitrogens is 2. The molecule has 46 heteroatoms. The quantitative estimate of drug-likeness (QED) is 0.0257. The maximum Gasteiger partial charge on any atom is 0.323 e. The molecule has 0 spiro atoms. The average molecular weight is 1900 g/mol. The lowest BCUT2D eigenvalue weighted by Gasteiger charge is -2.36. The summed E-state index contributed by atoms with van der Waals surface area (Å²) in [6.07, 6.45) is 0.920. The van der Waals surface area contributed by atoms with Crippen molar-refractivity contribution >= 4 is 134 Å². The first-order chi connectivity index (χ1) is 64.7. The number of carboxylic acid groups (broad SMARTS) is 2. The molecule has 736 valence electrons. The number of hydrogen-bond donors (Lipinski definition) is 20. The number of likely N-dealkylation sites (N-methyl/N-ethyl adjacent to an activating group) is 3. The smallest absolute Gasteiger partial charge is 0.323 e. The number of nitrogens with two attached hydrogens (primary N) is 2. The number of amides is 17. The molecule has 3 aromatic heterocycles. The van der Waals surface area contributed by atoms with E-state index in [2.05, 4.69) is 73.4 Å². The van der Waals surface area contributed by atoms with Gasteiger partial charge in [-0.05, 0) is 99.9 Å². The van der Waals surface area contributed by atoms with Gasteiger partial charge in [-0.1, -0.05) is 88.1 Å². The number of aliphatic hydroxyl groups excluding tert-OH is 2. The second-order valence-electron chi connectivity index (χ2n) is 34.3. The zero-order valence-electron chi connectivity index (χ0n) is 76.6. The molecular formula is C90H122N22O24. The summed E-state index contributed by atoms with van der Waals surface area (Å²) in [5.74, 6) is -20.1. The minimum atomic E-state index is -2.00. The first-order valence-electron chi connectivity index (χ1n) is 45.0. The summed E-state index contributed by atoms with van der Waals surface area (Å²) in [5, 5.41) is 82.4. The Morgan fingerprint density at radius 2 is 1.13 bits per heavy atom. The molecule has 46 nitrogen and oxygen atoms in total. The van der Waals surface area contributed by atoms with Crippen LogP contribution in [0.3, 0.4) is 0 Å². The summed E-state index contributed by atoms with van der Waals surface area (Å²) in [7, 11) is 3.77. The van der Waals surface area contributed by atoms with Crippen molar-refractivity contribution < 1.29 is 117 Å². The average Bonchev–Trinajstić information content (AvgIpc) is 1.64. The van der Waals surface area contributed by atoms with E-state index < -0.39 is 281 Å². The largest absolute Gasteiger partial charge is 0.508 e. The molecule has 6 heterocycles. The van der Waals surface area contributed by atoms with E-state index in [1.54, 1.807) is 48.5 Å². The van der Waals surface area contributed by atoms with Crippen molar-refractivity contribution in [3.63, 3.8) is 0 Å². The van der Waals surface area contributed by atoms with Gasteiger partial charge >= 0.3 is 11.9 Å². The van der Waals surface area contributed by atoms with Gasteiger partial charge < -0.3 is 135 Å². The van der Waals surface area contributed by atoms with Crippen LogP contribution in [0.1, 0.15) is 134 Å². The van der Waals surface area contributed by atoms with Gasteiger partial charge in [-0.3, -0.25) is 91.1 Å². The fraction of sp³-hybridized carbons (Fsp3) is 0.511. The number of rotatable bonds is 25. The van der Waals surface area contributed by atoms with E-state index in [0.717, 1.165) is 24.5 Å². The number of nitrogens with zero attached hydrogens (tertiary/aromatic N) is 7. The van der Waals surface area contributed by atoms with Crippen LogP contribution in [-0.2, 0) is 123 Å². The van der Waals surface area contributed by atoms with Crippen LogP contribution in [0, 0.1) is 0 Å². The molecular weight excluding hydrogens is 1770 g/mol. The van der Waals surface area contributed by atoms with Gasteiger partial charge in [0.1, 0.15) is 96.9 Å². The highest BCUT2D eigenvalue weighted by Gasteiger charge is 2.47. The standard InChI is InChI=1S/C90H122N22O24/c1-8-10-20-68-83(129)98-48(3)77(123)100-59(79(125)96-41-73(92)117)30-31-93-42-74(118)99-63(33-50-24-26-54(114)27-25-50)86(132)107(5)49(4)78(124)104-65(38-75(119)120)89(135)111-32-16-23-69(111)84(130)103-62(36-53-40-94-47-97-53)81(127)101-60(28-29-72(91)116)88(134)112-44-55(115)37-71(112)85(131)102-61(34-51-39-95-58-19-14-12-17-56(51)58)80(126)106-66(46-113)82(128)105-64(87(133)109(7)70(21-11-9-2)90(136)108(68)6)35-52-43-110(45-76(121)122)67-22-15-13-18-57(52)67/h12-15,17-19,22,24-27,39-40,43,47-49,55,59-66,68-71,93,95,113-115H,8-11,16,20-21,23,28-38,41-42,44-46H2,1-7H3,(H2,91,116)(H2,92,117)(H,94,97)(H,96,125)(H,98,129)(H,99,118)(H,100,123)(H,101,127)(H,102,131)(H,103,130)(H,104,124)(H,105,128)(H,106,126)(H,119,120)(H,121,122)/t48-,49-,55+,59-,60-,61-,62-,63-,64-,65-,66-,68-,69-,70-,71?/m0/s1. The van der Waals surface area contributed by atoms with E-state index in [1.165, 1.54) is 88.7 Å². The predicted molar refractivity (Wildman–Crippen MR) is 485 cm³/mol. The summed E-state index contributed by atoms with van der Waals surface area (Å²) in [6, 6.07) is -4.18. The van der Waals surface area contributed by atoms with E-state index >= 15 is 33.6 Å². The fourth-order valence-electron chi connectivity index (χ4n) is 16.7. The highest BCUT2D eigenvalue weighted by atomic mass is 16.4. The molecule has 3 fully saturated rings. The Bertz CT molecular complexity index is 5340. The molecule has 15 atom stereocenters. The summed E-state index contributed by atoms with van der Waals surface area (Å²) >= 11 is 0. The summed E-state index contributed by atoms with van der Waals surface area (Å²) < 4.78 is 1.39. The van der Waals surface area contributed by atoms with Crippen molar-refractivity contribution in [2.75, 3.05) is 60.5 Å². The van der Waals surface area contributed by atoms with Crippen molar-refractivity contribution in [3.05, 3.63) is 120 Å². The van der Waals surface area contributed by atoms with Crippen molar-refractivity contribution in [1.29, 1.82) is 0 Å². The molecule has 3 aromatic carbocycles. The molecule has 1 unspecified atom stereocenters. The van der Waals surface area contributed by atoms with Crippen molar-refractivity contribution in [3.8, 4) is 5.75 Å². The highest BCUT2D eigenvalue weighted by molar-refractivity contribution is 6.03. The number of aliphatic carboxylic acids is 2. The molecule has 22 N–H and O–H groups in total. The van der Waals surface area contributed by atoms with Gasteiger partial charge in [-0.15, -0.1) is 0 Å². The number of aromatic amines is 2. The Balaban J connectivity index is 1.09. The number of phenolic OH excluding ortho intramolecular Hbond substituents is 1. The number of para-hydroxylation sites is 2. The van der Waals surface area contributed by atoms with Crippen LogP contribution >= 0.6 is 0 Å². The second-order valence-corrected chi connectivity index (χ2v) is 34.3. The van der Waals surface area contributed by atoms with Crippen molar-refractivity contribution in [1.82, 2.24) is 103 Å². The number of phenols is 1. The lowest BCUT2D eigenvalue weighted by Crippen LogP contribution is -2.61. The maximum atomic E-state index is 15.8. The van der Waals surface area contributed by atoms with E-state index in [4.69, 9.17) is 11.5 Å². The molecule has 0 saturated carbocycles. The molecule has 136 heavy (non-hydrogen) atoms. The molecule has 3 saturated heterocycles. The van der Waals surface area contributed by atoms with Crippen LogP contribution in [0.4, 0.5) is 0 Å². The number of imidazole rings is 1. The molecule has 6 aromatic rings. The Kier molecular flexibility index (Phi) is 38.3. The van der Waals surface area contributed by atoms with Crippen LogP contribution in [0.2, 0.25) is 0 Å². The monoisotopic (exact) mass is 1890 g/mol. The predicted octanol–water partition coefficient (Wildman–Crippen LogP) is -4.55. The summed E-state index contributed by atoms with van der Waals surface area (Å²) in [4.78, 5) is 288. The minimum Gasteiger partial charge on any atom is -0.508 e. The molecule has 0 radical (unpaired) electrons. The number of primary amides is 2. The Morgan fingerprint density at radius 3 is 1.78 bits per heavy atom. The van der Waals surface area contributed by atoms with Gasteiger partial charge in [-0.2, -0.15) is 0 Å². The van der Waals surface area contributed by atoms with E-state index in [0.29, 0.717) is 57.8 Å². The van der Waals surface area contributed by atoms with E-state index in [9.17, 15) is 83.1 Å². The van der Waals surface area contributed by atoms with Gasteiger partial charge in [0.05, 0.1) is 38.5 Å². The Hall–Kier alpha value is -14.4. The number of hydrogen-bond acceptors (Lipinski definition) is 24. The number of fused-ring (bicyclic) bond motifs is 4. The molecule has 17 amide bonds. The van der Waals surface area contributed by atoms with Crippen molar-refractivity contribution in [2.45, 2.75) is 234 Å². The zero-order valence-corrected chi connectivity index (χ0v) is 76.6. The third-order valence-corrected chi connectivity index (χ3v) is 24.3. The number of carboxylic acids is 2. The highest BCUT2D eigenvalue weighted by Crippen LogP contribution is 2.29. The molecule has 3 aliphatic heterocycles. The number of nitrogens with one attached hydrogen (secondary N) is 13. The van der Waals surface area contributed by atoms with Crippen LogP contribution in [-0.4, -0.2) is 333 Å². The number of aliphatic hydroxyl groups is 2. The number of aromatic nitrogens is 4. The Morgan fingerprint density at radius 1 is 0.544 bits per heavy atom. The van der Waals surface area contributed by atoms with Crippen LogP contribution in [0.5, 0.6) is 5.75 Å². The van der Waals surface area contributed by atoms with Gasteiger partial charge in [0.2, 0.25) is 100 Å². The summed E-state index contributed by atoms with van der Waals surface area (Å²) in [6.45, 7) is 2.01. The topological polar surface area (TPSA) is 675 Å². The van der Waals surface area contributed by atoms with Crippen molar-refractivity contribution in [2.24, 2.45) is 11.5 Å². The van der Waals surface area contributed by atoms with E-state index in [1.807, 2.05) is 13.8 Å². The third-order valence-electron chi connectivity index (χ3n) is 24.3. The lowest BCUT2D eigenvalue weighted by molar-refractivity contribution is -0.149. The third kappa shape index (κ3) is 28.6. The SMILES string of the molecule is CCCC[C@H]1C(=O)N(C)[C@@H](CCCC)C(=O)N[C@@H](C)C(=O)N[C@H](C(=O)NCC(N)=O)CCNCC(=O)N[C@@H](Cc2ccc(O)cc2)C(=O)N(C)[C@@H](C)C(=O)N[C@@H](CC(=O)O)C(=O)N2CCC[C@H]2C(=O)N[C@@H](Cc2cnc[nH]2)C(=O)N[C@@H](CCC(N)=O)C(=O)N2C[C@H](O)CC2C(=O)N[C@@H](Cc2c[nH]c3ccccc23)C(=O)N[C@@H](CO)C(=O)N[C@@H](Cc2cn(CC(=O)O)c3ccccc23)C(=O)N1C. The normalized spacial score (nSPS) is 24.7. The van der Waals surface area contributed by atoms with Gasteiger partial charge in [0, 0.05) is 119 Å². The molecule has 0 bridgehead atoms. The fourth-order valence-corrected chi connectivity index (χ4v) is 16.7. The first kappa shape index (κ1) is 105. The maximum absolute atomic E-state index is 15.8. The van der Waals surface area contributed by atoms with Gasteiger partial charge in [0.25, 0.3) is 0 Å². The second kappa shape index (κ2) is 49.5. The number of carbonyl (C=O) groups is 19. The zero-order chi connectivity index (χ0) is 99.5. The number of unbranched alkanes of at least 4 members (excludes halogenated alkanes) is 2. The first-order valence-corrected chi connectivity index (χ1v) is 45.0. The van der Waals surface area contributed by atoms with Crippen LogP contribution in [0.15, 0.2) is 97.7 Å². The lowest BCUT2D eigenvalue weighted by atomic mass is 10.00. The van der Waals surface area contributed by atoms with E-state index in [-0.39, 0.29) is 69.5 Å². The minimum absolute atomic E-state index is 0.0203. The van der Waals surface area contributed by atoms with Gasteiger partial charge in [0.15, 0.2) is 0 Å². The van der Waals surface area contributed by atoms with Crippen LogP contribution < -0.4 is 70.0 Å². The molecule has 0 aliphatic carbocycles. The number of benzene rings is 3.